The predicted molar refractivity (Wildman–Crippen MR) is 126 cm³/mol. The SMILES string of the molecule is Cc1nn(Cc2ccc(Cl)cc2Cl)c(C)c1NC(=O)C1CC(c2cccc(Br)c2)=NO1. The Balaban J connectivity index is 1.45. The van der Waals surface area contributed by atoms with Crippen molar-refractivity contribution in [3.8, 4) is 0 Å². The lowest BCUT2D eigenvalue weighted by molar-refractivity contribution is -0.125. The van der Waals surface area contributed by atoms with Crippen molar-refractivity contribution in [2.24, 2.45) is 5.16 Å². The van der Waals surface area contributed by atoms with E-state index in [1.165, 1.54) is 0 Å². The molecule has 1 atom stereocenters. The van der Waals surface area contributed by atoms with Crippen LogP contribution < -0.4 is 5.32 Å². The molecule has 1 N–H and O–H groups in total. The first-order chi connectivity index (χ1) is 14.8. The van der Waals surface area contributed by atoms with E-state index in [1.54, 1.807) is 16.8 Å². The van der Waals surface area contributed by atoms with Gasteiger partial charge >= 0.3 is 0 Å². The molecule has 0 fully saturated rings. The number of aryl methyl sites for hydroxylation is 1. The van der Waals surface area contributed by atoms with Gasteiger partial charge in [-0.05, 0) is 43.7 Å². The van der Waals surface area contributed by atoms with Gasteiger partial charge in [0, 0.05) is 26.5 Å². The number of benzene rings is 2. The van der Waals surface area contributed by atoms with E-state index in [0.717, 1.165) is 27.0 Å². The van der Waals surface area contributed by atoms with E-state index in [-0.39, 0.29) is 5.91 Å². The number of anilines is 1. The van der Waals surface area contributed by atoms with Crippen molar-refractivity contribution >= 4 is 56.4 Å². The van der Waals surface area contributed by atoms with Crippen LogP contribution >= 0.6 is 39.1 Å². The first-order valence-corrected chi connectivity index (χ1v) is 11.1. The Kier molecular flexibility index (Phi) is 6.36. The summed E-state index contributed by atoms with van der Waals surface area (Å²) in [5.41, 5.74) is 4.74. The van der Waals surface area contributed by atoms with Gasteiger partial charge in [0.15, 0.2) is 0 Å². The first-order valence-electron chi connectivity index (χ1n) is 9.59. The molecule has 6 nitrogen and oxygen atoms in total. The molecule has 2 aromatic carbocycles. The summed E-state index contributed by atoms with van der Waals surface area (Å²) in [6.45, 7) is 4.22. The van der Waals surface area contributed by atoms with Gasteiger partial charge in [-0.2, -0.15) is 5.10 Å². The van der Waals surface area contributed by atoms with E-state index in [2.05, 4.69) is 31.5 Å². The number of oxime groups is 1. The molecule has 3 aromatic rings. The molecule has 2 heterocycles. The molecule has 1 aliphatic rings. The van der Waals surface area contributed by atoms with Gasteiger partial charge in [-0.1, -0.05) is 62.5 Å². The lowest BCUT2D eigenvalue weighted by Crippen LogP contribution is -2.28. The van der Waals surface area contributed by atoms with Gasteiger partial charge in [0.05, 0.1) is 29.3 Å². The molecular formula is C22H19BrCl2N4O2. The zero-order valence-corrected chi connectivity index (χ0v) is 19.9. The Morgan fingerprint density at radius 3 is 2.81 bits per heavy atom. The average Bonchev–Trinajstić information content (AvgIpc) is 3.31. The highest BCUT2D eigenvalue weighted by molar-refractivity contribution is 9.10. The van der Waals surface area contributed by atoms with Crippen molar-refractivity contribution < 1.29 is 9.63 Å². The van der Waals surface area contributed by atoms with E-state index in [4.69, 9.17) is 28.0 Å². The second-order valence-corrected chi connectivity index (χ2v) is 9.03. The van der Waals surface area contributed by atoms with Crippen LogP contribution in [0.4, 0.5) is 5.69 Å². The van der Waals surface area contributed by atoms with E-state index < -0.39 is 6.10 Å². The standard InChI is InChI=1S/C22H19BrCl2N4O2/c1-12-21(13(2)29(27-12)11-15-6-7-17(24)9-18(15)25)26-22(30)20-10-19(28-31-20)14-4-3-5-16(23)8-14/h3-9,20H,10-11H2,1-2H3,(H,26,30). The lowest BCUT2D eigenvalue weighted by Gasteiger charge is -2.11. The minimum Gasteiger partial charge on any atom is -0.382 e. The van der Waals surface area contributed by atoms with Crippen molar-refractivity contribution in [3.63, 3.8) is 0 Å². The minimum absolute atomic E-state index is 0.260. The monoisotopic (exact) mass is 520 g/mol. The third-order valence-corrected chi connectivity index (χ3v) is 6.16. The highest BCUT2D eigenvalue weighted by Crippen LogP contribution is 2.26. The fourth-order valence-electron chi connectivity index (χ4n) is 3.40. The molecule has 0 saturated heterocycles. The number of rotatable bonds is 5. The average molecular weight is 522 g/mol. The van der Waals surface area contributed by atoms with Crippen LogP contribution in [0.25, 0.3) is 0 Å². The predicted octanol–water partition coefficient (Wildman–Crippen LogP) is 5.75. The summed E-state index contributed by atoms with van der Waals surface area (Å²) >= 11 is 15.7. The summed E-state index contributed by atoms with van der Waals surface area (Å²) in [4.78, 5) is 18.2. The fourth-order valence-corrected chi connectivity index (χ4v) is 4.27. The lowest BCUT2D eigenvalue weighted by atomic mass is 10.0. The first kappa shape index (κ1) is 21.9. The van der Waals surface area contributed by atoms with Crippen LogP contribution in [0.2, 0.25) is 10.0 Å². The normalized spacial score (nSPS) is 15.5. The van der Waals surface area contributed by atoms with E-state index in [1.807, 2.05) is 44.2 Å². The highest BCUT2D eigenvalue weighted by atomic mass is 79.9. The molecule has 4 rings (SSSR count). The minimum atomic E-state index is -0.693. The van der Waals surface area contributed by atoms with Crippen LogP contribution in [-0.2, 0) is 16.2 Å². The molecule has 9 heteroatoms. The highest BCUT2D eigenvalue weighted by Gasteiger charge is 2.30. The van der Waals surface area contributed by atoms with Crippen LogP contribution in [0, 0.1) is 13.8 Å². The maximum atomic E-state index is 12.8. The zero-order valence-electron chi connectivity index (χ0n) is 16.8. The topological polar surface area (TPSA) is 68.5 Å². The number of hydrogen-bond acceptors (Lipinski definition) is 4. The molecule has 1 amide bonds. The van der Waals surface area contributed by atoms with Crippen LogP contribution in [0.5, 0.6) is 0 Å². The van der Waals surface area contributed by atoms with Gasteiger partial charge < -0.3 is 10.2 Å². The number of aromatic nitrogens is 2. The molecule has 0 spiro atoms. The summed E-state index contributed by atoms with van der Waals surface area (Å²) < 4.78 is 2.75. The van der Waals surface area contributed by atoms with Crippen LogP contribution in [0.3, 0.4) is 0 Å². The number of amides is 1. The summed E-state index contributed by atoms with van der Waals surface area (Å²) in [7, 11) is 0. The number of halogens is 3. The van der Waals surface area contributed by atoms with E-state index in [9.17, 15) is 4.79 Å². The van der Waals surface area contributed by atoms with Crippen LogP contribution in [0.15, 0.2) is 52.1 Å². The number of carbonyl (C=O) groups excluding carboxylic acids is 1. The van der Waals surface area contributed by atoms with Gasteiger partial charge in [0.2, 0.25) is 6.10 Å². The number of carbonyl (C=O) groups is 1. The van der Waals surface area contributed by atoms with Crippen LogP contribution in [0.1, 0.15) is 28.9 Å². The summed E-state index contributed by atoms with van der Waals surface area (Å²) in [6, 6.07) is 13.1. The van der Waals surface area contributed by atoms with Crippen molar-refractivity contribution in [1.82, 2.24) is 9.78 Å². The van der Waals surface area contributed by atoms with Gasteiger partial charge in [-0.25, -0.2) is 0 Å². The van der Waals surface area contributed by atoms with Gasteiger partial charge in [-0.3, -0.25) is 9.48 Å². The zero-order chi connectivity index (χ0) is 22.1. The van der Waals surface area contributed by atoms with E-state index >= 15 is 0 Å². The molecule has 0 aliphatic carbocycles. The van der Waals surface area contributed by atoms with Crippen LogP contribution in [-0.4, -0.2) is 27.5 Å². The van der Waals surface area contributed by atoms with Gasteiger partial charge in [0.25, 0.3) is 5.91 Å². The molecule has 1 aromatic heterocycles. The maximum absolute atomic E-state index is 12.8. The molecule has 0 bridgehead atoms. The summed E-state index contributed by atoms with van der Waals surface area (Å²) in [5, 5.41) is 12.8. The molecule has 160 valence electrons. The Morgan fingerprint density at radius 2 is 2.06 bits per heavy atom. The van der Waals surface area contributed by atoms with E-state index in [0.29, 0.717) is 34.4 Å². The summed E-state index contributed by atoms with van der Waals surface area (Å²) in [6.07, 6.45) is -0.295. The second-order valence-electron chi connectivity index (χ2n) is 7.27. The Hall–Kier alpha value is -2.35. The molecule has 1 unspecified atom stereocenters. The largest absolute Gasteiger partial charge is 0.382 e. The number of nitrogens with zero attached hydrogens (tertiary/aromatic N) is 3. The molecular weight excluding hydrogens is 503 g/mol. The molecule has 0 radical (unpaired) electrons. The van der Waals surface area contributed by atoms with Gasteiger partial charge in [0.1, 0.15) is 0 Å². The van der Waals surface area contributed by atoms with Crippen molar-refractivity contribution in [3.05, 3.63) is 79.5 Å². The Bertz CT molecular complexity index is 1190. The molecule has 31 heavy (non-hydrogen) atoms. The quantitative estimate of drug-likeness (QED) is 0.464. The van der Waals surface area contributed by atoms with Crippen molar-refractivity contribution in [2.45, 2.75) is 32.9 Å². The molecule has 0 saturated carbocycles. The van der Waals surface area contributed by atoms with Gasteiger partial charge in [-0.15, -0.1) is 0 Å². The Labute approximate surface area is 198 Å². The third kappa shape index (κ3) is 4.79. The number of hydrogen-bond donors (Lipinski definition) is 1. The summed E-state index contributed by atoms with van der Waals surface area (Å²) in [5.74, 6) is -0.260. The Morgan fingerprint density at radius 1 is 1.26 bits per heavy atom. The fraction of sp³-hybridized carbons (Fsp3) is 0.227. The molecule has 1 aliphatic heterocycles. The second kappa shape index (κ2) is 9.02. The third-order valence-electron chi connectivity index (χ3n) is 5.08. The van der Waals surface area contributed by atoms with Crippen molar-refractivity contribution in [2.75, 3.05) is 5.32 Å². The number of nitrogens with one attached hydrogen (secondary N) is 1. The van der Waals surface area contributed by atoms with Crippen molar-refractivity contribution in [1.29, 1.82) is 0 Å². The smallest absolute Gasteiger partial charge is 0.268 e. The maximum Gasteiger partial charge on any atom is 0.268 e.